The van der Waals surface area contributed by atoms with Crippen LogP contribution in [0.3, 0.4) is 0 Å². The maximum atomic E-state index is 5.72. The number of hydrogen-bond acceptors (Lipinski definition) is 4. The van der Waals surface area contributed by atoms with Gasteiger partial charge < -0.3 is 10.1 Å². The van der Waals surface area contributed by atoms with Crippen LogP contribution in [0.1, 0.15) is 30.7 Å². The summed E-state index contributed by atoms with van der Waals surface area (Å²) in [6.45, 7) is 6.90. The molecule has 4 heteroatoms. The van der Waals surface area contributed by atoms with E-state index in [4.69, 9.17) is 4.74 Å². The first-order valence-corrected chi connectivity index (χ1v) is 6.39. The molecule has 0 saturated carbocycles. The number of nitrogens with zero attached hydrogens (tertiary/aromatic N) is 2. The van der Waals surface area contributed by atoms with Gasteiger partial charge in [0.25, 0.3) is 0 Å². The fourth-order valence-corrected chi connectivity index (χ4v) is 2.14. The minimum atomic E-state index is 0.689. The van der Waals surface area contributed by atoms with E-state index in [1.165, 1.54) is 19.4 Å². The van der Waals surface area contributed by atoms with Crippen LogP contribution in [-0.2, 0) is 0 Å². The lowest BCUT2D eigenvalue weighted by Crippen LogP contribution is -2.30. The van der Waals surface area contributed by atoms with E-state index in [0.29, 0.717) is 5.88 Å². The van der Waals surface area contributed by atoms with Crippen LogP contribution >= 0.6 is 0 Å². The van der Waals surface area contributed by atoms with Crippen LogP contribution in [-0.4, -0.2) is 29.7 Å². The molecule has 1 atom stereocenters. The topological polar surface area (TPSA) is 47.0 Å². The van der Waals surface area contributed by atoms with Gasteiger partial charge in [-0.2, -0.15) is 0 Å². The normalized spacial score (nSPS) is 20.2. The van der Waals surface area contributed by atoms with Gasteiger partial charge in [-0.3, -0.25) is 4.98 Å². The number of nitrogens with one attached hydrogen (secondary N) is 1. The van der Waals surface area contributed by atoms with Crippen LogP contribution in [0.5, 0.6) is 5.88 Å². The lowest BCUT2D eigenvalue weighted by Gasteiger charge is -2.22. The SMILES string of the molecule is Cc1cnc(C)c(OCCC2CCCNC2)n1. The molecule has 2 rings (SSSR count). The third-order valence-electron chi connectivity index (χ3n) is 3.20. The predicted molar refractivity (Wildman–Crippen MR) is 67.2 cm³/mol. The molecule has 1 aromatic heterocycles. The predicted octanol–water partition coefficient (Wildman–Crippen LogP) is 1.86. The largest absolute Gasteiger partial charge is 0.476 e. The summed E-state index contributed by atoms with van der Waals surface area (Å²) < 4.78 is 5.72. The molecule has 0 radical (unpaired) electrons. The first-order chi connectivity index (χ1) is 8.25. The van der Waals surface area contributed by atoms with Crippen molar-refractivity contribution < 1.29 is 4.74 Å². The Morgan fingerprint density at radius 2 is 2.35 bits per heavy atom. The Hall–Kier alpha value is -1.16. The third-order valence-corrected chi connectivity index (χ3v) is 3.20. The lowest BCUT2D eigenvalue weighted by atomic mass is 9.97. The molecule has 1 saturated heterocycles. The van der Waals surface area contributed by atoms with E-state index in [0.717, 1.165) is 36.9 Å². The average Bonchev–Trinajstić information content (AvgIpc) is 2.35. The summed E-state index contributed by atoms with van der Waals surface area (Å²) in [4.78, 5) is 8.60. The van der Waals surface area contributed by atoms with E-state index in [9.17, 15) is 0 Å². The molecule has 94 valence electrons. The highest BCUT2D eigenvalue weighted by Gasteiger charge is 2.13. The molecule has 1 aliphatic heterocycles. The van der Waals surface area contributed by atoms with Crippen LogP contribution in [0.25, 0.3) is 0 Å². The molecule has 1 aliphatic rings. The Bertz CT molecular complexity index is 362. The lowest BCUT2D eigenvalue weighted by molar-refractivity contribution is 0.245. The molecule has 0 amide bonds. The van der Waals surface area contributed by atoms with Gasteiger partial charge >= 0.3 is 0 Å². The Labute approximate surface area is 103 Å². The fraction of sp³-hybridized carbons (Fsp3) is 0.692. The van der Waals surface area contributed by atoms with E-state index in [1.54, 1.807) is 6.20 Å². The molecule has 0 spiro atoms. The number of hydrogen-bond donors (Lipinski definition) is 1. The Kier molecular flexibility index (Phi) is 4.31. The van der Waals surface area contributed by atoms with Crippen LogP contribution in [0, 0.1) is 19.8 Å². The van der Waals surface area contributed by atoms with Crippen molar-refractivity contribution in [3.63, 3.8) is 0 Å². The molecule has 17 heavy (non-hydrogen) atoms. The standard InChI is InChI=1S/C13H21N3O/c1-10-8-15-11(2)13(16-10)17-7-5-12-4-3-6-14-9-12/h8,12,14H,3-7,9H2,1-2H3. The second-order valence-electron chi connectivity index (χ2n) is 4.75. The highest BCUT2D eigenvalue weighted by Crippen LogP contribution is 2.16. The van der Waals surface area contributed by atoms with Crippen molar-refractivity contribution in [3.8, 4) is 5.88 Å². The van der Waals surface area contributed by atoms with Crippen molar-refractivity contribution >= 4 is 0 Å². The summed E-state index contributed by atoms with van der Waals surface area (Å²) in [5.41, 5.74) is 1.78. The monoisotopic (exact) mass is 235 g/mol. The maximum Gasteiger partial charge on any atom is 0.235 e. The first kappa shape index (κ1) is 12.3. The smallest absolute Gasteiger partial charge is 0.235 e. The molecule has 1 unspecified atom stereocenters. The highest BCUT2D eigenvalue weighted by molar-refractivity contribution is 5.17. The van der Waals surface area contributed by atoms with Crippen LogP contribution in [0.4, 0.5) is 0 Å². The van der Waals surface area contributed by atoms with Crippen molar-refractivity contribution in [2.45, 2.75) is 33.1 Å². The van der Waals surface area contributed by atoms with E-state index >= 15 is 0 Å². The van der Waals surface area contributed by atoms with E-state index in [-0.39, 0.29) is 0 Å². The zero-order valence-corrected chi connectivity index (χ0v) is 10.7. The van der Waals surface area contributed by atoms with Crippen LogP contribution in [0.15, 0.2) is 6.20 Å². The minimum Gasteiger partial charge on any atom is -0.476 e. The number of aryl methyl sites for hydroxylation is 2. The Balaban J connectivity index is 1.79. The third kappa shape index (κ3) is 3.66. The highest BCUT2D eigenvalue weighted by atomic mass is 16.5. The first-order valence-electron chi connectivity index (χ1n) is 6.39. The molecule has 0 bridgehead atoms. The van der Waals surface area contributed by atoms with E-state index in [2.05, 4.69) is 15.3 Å². The molecule has 0 aromatic carbocycles. The fourth-order valence-electron chi connectivity index (χ4n) is 2.14. The van der Waals surface area contributed by atoms with Gasteiger partial charge in [0.05, 0.1) is 18.0 Å². The second kappa shape index (κ2) is 5.96. The van der Waals surface area contributed by atoms with Crippen molar-refractivity contribution in [2.24, 2.45) is 5.92 Å². The van der Waals surface area contributed by atoms with Gasteiger partial charge in [-0.1, -0.05) is 0 Å². The van der Waals surface area contributed by atoms with Crippen molar-refractivity contribution in [2.75, 3.05) is 19.7 Å². The maximum absolute atomic E-state index is 5.72. The second-order valence-corrected chi connectivity index (χ2v) is 4.75. The zero-order valence-electron chi connectivity index (χ0n) is 10.7. The van der Waals surface area contributed by atoms with Gasteiger partial charge in [0.2, 0.25) is 5.88 Å². The summed E-state index contributed by atoms with van der Waals surface area (Å²) in [6.07, 6.45) is 5.47. The molecular weight excluding hydrogens is 214 g/mol. The molecule has 1 N–H and O–H groups in total. The number of piperidine rings is 1. The summed E-state index contributed by atoms with van der Waals surface area (Å²) in [5, 5.41) is 3.42. The van der Waals surface area contributed by atoms with Gasteiger partial charge in [0.1, 0.15) is 0 Å². The van der Waals surface area contributed by atoms with Crippen molar-refractivity contribution in [1.82, 2.24) is 15.3 Å². The number of aromatic nitrogens is 2. The van der Waals surface area contributed by atoms with Gasteiger partial charge in [0.15, 0.2) is 0 Å². The molecule has 1 aromatic rings. The number of ether oxygens (including phenoxy) is 1. The Morgan fingerprint density at radius 3 is 3.12 bits per heavy atom. The molecule has 0 aliphatic carbocycles. The van der Waals surface area contributed by atoms with Crippen molar-refractivity contribution in [3.05, 3.63) is 17.6 Å². The molecule has 4 nitrogen and oxygen atoms in total. The zero-order chi connectivity index (χ0) is 12.1. The quantitative estimate of drug-likeness (QED) is 0.865. The van der Waals surface area contributed by atoms with E-state index in [1.807, 2.05) is 13.8 Å². The van der Waals surface area contributed by atoms with Gasteiger partial charge in [0, 0.05) is 6.20 Å². The van der Waals surface area contributed by atoms with Gasteiger partial charge in [-0.05, 0) is 52.1 Å². The van der Waals surface area contributed by atoms with Crippen LogP contribution < -0.4 is 10.1 Å². The van der Waals surface area contributed by atoms with Gasteiger partial charge in [-0.25, -0.2) is 4.98 Å². The van der Waals surface area contributed by atoms with E-state index < -0.39 is 0 Å². The number of rotatable bonds is 4. The van der Waals surface area contributed by atoms with Crippen LogP contribution in [0.2, 0.25) is 0 Å². The Morgan fingerprint density at radius 1 is 1.47 bits per heavy atom. The average molecular weight is 235 g/mol. The molecular formula is C13H21N3O. The molecule has 1 fully saturated rings. The van der Waals surface area contributed by atoms with Gasteiger partial charge in [-0.15, -0.1) is 0 Å². The minimum absolute atomic E-state index is 0.689. The molecule has 2 heterocycles. The summed E-state index contributed by atoms with van der Waals surface area (Å²) in [6, 6.07) is 0. The summed E-state index contributed by atoms with van der Waals surface area (Å²) in [7, 11) is 0. The van der Waals surface area contributed by atoms with Crippen molar-refractivity contribution in [1.29, 1.82) is 0 Å². The summed E-state index contributed by atoms with van der Waals surface area (Å²) >= 11 is 0. The summed E-state index contributed by atoms with van der Waals surface area (Å²) in [5.74, 6) is 1.44.